The molecule has 1 aromatic rings. The topological polar surface area (TPSA) is 92.7 Å². The Labute approximate surface area is 129 Å². The zero-order valence-corrected chi connectivity index (χ0v) is 13.2. The maximum Gasteiger partial charge on any atom is 0.408 e. The van der Waals surface area contributed by atoms with Crippen LogP contribution >= 0.6 is 0 Å². The number of benzene rings is 1. The van der Waals surface area contributed by atoms with Crippen LogP contribution in [0.2, 0.25) is 0 Å². The molecule has 0 aromatic heterocycles. The number of carboxylic acid groups (broad SMARTS) is 1. The highest BCUT2D eigenvalue weighted by Gasteiger charge is 2.26. The molecule has 0 spiro atoms. The molecule has 0 fully saturated rings. The fourth-order valence-electron chi connectivity index (χ4n) is 1.69. The second-order valence-corrected chi connectivity index (χ2v) is 6.03. The van der Waals surface area contributed by atoms with Crippen molar-refractivity contribution in [2.24, 2.45) is 0 Å². The lowest BCUT2D eigenvalue weighted by atomic mass is 10.0. The number of nitrogens with one attached hydrogen (secondary N) is 1. The van der Waals surface area contributed by atoms with Crippen molar-refractivity contribution in [3.63, 3.8) is 0 Å². The number of hydrogen-bond acceptors (Lipinski definition) is 4. The monoisotopic (exact) mass is 307 g/mol. The van der Waals surface area contributed by atoms with Crippen molar-refractivity contribution in [1.29, 1.82) is 0 Å². The lowest BCUT2D eigenvalue weighted by Crippen LogP contribution is -2.44. The summed E-state index contributed by atoms with van der Waals surface area (Å²) in [5.74, 6) is -1.64. The predicted octanol–water partition coefficient (Wildman–Crippen LogP) is 2.55. The molecule has 6 heteroatoms. The van der Waals surface area contributed by atoms with Crippen LogP contribution in [0.15, 0.2) is 24.3 Å². The number of rotatable bonds is 5. The molecule has 0 bridgehead atoms. The van der Waals surface area contributed by atoms with Crippen LogP contribution in [-0.2, 0) is 9.53 Å². The Morgan fingerprint density at radius 3 is 2.18 bits per heavy atom. The van der Waals surface area contributed by atoms with Gasteiger partial charge in [0.2, 0.25) is 0 Å². The number of Topliss-reactive ketones (excluding diaryl/α,β-unsaturated/α-hetero) is 1. The molecule has 0 aliphatic heterocycles. The van der Waals surface area contributed by atoms with Crippen molar-refractivity contribution in [2.75, 3.05) is 0 Å². The molecule has 1 atom stereocenters. The Balaban J connectivity index is 2.72. The first-order chi connectivity index (χ1) is 10.1. The summed E-state index contributed by atoms with van der Waals surface area (Å²) in [6.07, 6.45) is -1.20. The van der Waals surface area contributed by atoms with Gasteiger partial charge in [-0.25, -0.2) is 9.59 Å². The van der Waals surface area contributed by atoms with Gasteiger partial charge in [-0.3, -0.25) is 4.79 Å². The molecule has 0 saturated carbocycles. The molecule has 22 heavy (non-hydrogen) atoms. The number of carbonyl (C=O) groups excluding carboxylic acids is 2. The van der Waals surface area contributed by atoms with Crippen molar-refractivity contribution in [3.05, 3.63) is 35.4 Å². The third-order valence-electron chi connectivity index (χ3n) is 2.75. The van der Waals surface area contributed by atoms with E-state index in [-0.39, 0.29) is 12.2 Å². The Hall–Kier alpha value is -2.37. The third-order valence-corrected chi connectivity index (χ3v) is 2.75. The molecule has 2 N–H and O–H groups in total. The number of ketones is 1. The molecular formula is C16H21NO5. The first-order valence-corrected chi connectivity index (χ1v) is 6.90. The Morgan fingerprint density at radius 1 is 1.18 bits per heavy atom. The predicted molar refractivity (Wildman–Crippen MR) is 80.9 cm³/mol. The Morgan fingerprint density at radius 2 is 1.73 bits per heavy atom. The van der Waals surface area contributed by atoms with Crippen molar-refractivity contribution in [1.82, 2.24) is 5.32 Å². The summed E-state index contributed by atoms with van der Waals surface area (Å²) in [4.78, 5) is 34.9. The van der Waals surface area contributed by atoms with E-state index in [0.29, 0.717) is 5.56 Å². The van der Waals surface area contributed by atoms with Gasteiger partial charge in [-0.15, -0.1) is 0 Å². The van der Waals surface area contributed by atoms with Crippen molar-refractivity contribution >= 4 is 17.8 Å². The van der Waals surface area contributed by atoms with Gasteiger partial charge in [0.05, 0.1) is 0 Å². The average molecular weight is 307 g/mol. The smallest absolute Gasteiger partial charge is 0.408 e. The van der Waals surface area contributed by atoms with E-state index < -0.39 is 23.7 Å². The molecule has 120 valence electrons. The first kappa shape index (κ1) is 17.7. The number of alkyl carbamates (subject to hydrolysis) is 1. The van der Waals surface area contributed by atoms with E-state index in [4.69, 9.17) is 9.84 Å². The summed E-state index contributed by atoms with van der Waals surface area (Å²) in [6, 6.07) is 5.46. The highest BCUT2D eigenvalue weighted by atomic mass is 16.6. The summed E-state index contributed by atoms with van der Waals surface area (Å²) < 4.78 is 5.00. The van der Waals surface area contributed by atoms with Crippen LogP contribution in [0.4, 0.5) is 4.79 Å². The molecule has 1 rings (SSSR count). The van der Waals surface area contributed by atoms with Crippen LogP contribution in [0.3, 0.4) is 0 Å². The number of carbonyl (C=O) groups is 3. The fraction of sp³-hybridized carbons (Fsp3) is 0.438. The van der Waals surface area contributed by atoms with Gasteiger partial charge in [0, 0.05) is 12.0 Å². The number of amides is 1. The summed E-state index contributed by atoms with van der Waals surface area (Å²) in [6.45, 7) is 6.89. The van der Waals surface area contributed by atoms with Crippen LogP contribution < -0.4 is 5.32 Å². The summed E-state index contributed by atoms with van der Waals surface area (Å²) in [5.41, 5.74) is 0.662. The molecule has 0 aliphatic carbocycles. The standard InChI is InChI=1S/C16H21NO5/c1-10-5-7-11(8-6-10)13(18)9-12(14(19)20)17-15(21)22-16(2,3)4/h5-8,12H,9H2,1-4H3,(H,17,21)(H,19,20)/t12-/m1/s1. The normalized spacial score (nSPS) is 12.4. The quantitative estimate of drug-likeness (QED) is 0.815. The van der Waals surface area contributed by atoms with E-state index in [9.17, 15) is 14.4 Å². The maximum atomic E-state index is 12.1. The van der Waals surface area contributed by atoms with Crippen LogP contribution in [0.25, 0.3) is 0 Å². The minimum Gasteiger partial charge on any atom is -0.480 e. The van der Waals surface area contributed by atoms with Gasteiger partial charge in [0.15, 0.2) is 5.78 Å². The van der Waals surface area contributed by atoms with Gasteiger partial charge in [0.25, 0.3) is 0 Å². The third kappa shape index (κ3) is 5.95. The lowest BCUT2D eigenvalue weighted by Gasteiger charge is -2.21. The van der Waals surface area contributed by atoms with E-state index in [1.807, 2.05) is 6.92 Å². The summed E-state index contributed by atoms with van der Waals surface area (Å²) >= 11 is 0. The molecule has 0 heterocycles. The lowest BCUT2D eigenvalue weighted by molar-refractivity contribution is -0.139. The molecule has 1 amide bonds. The van der Waals surface area contributed by atoms with E-state index in [0.717, 1.165) is 5.56 Å². The van der Waals surface area contributed by atoms with Crippen LogP contribution in [0.5, 0.6) is 0 Å². The second kappa shape index (κ2) is 7.06. The molecule has 6 nitrogen and oxygen atoms in total. The van der Waals surface area contributed by atoms with Gasteiger partial charge in [-0.1, -0.05) is 29.8 Å². The van der Waals surface area contributed by atoms with E-state index in [2.05, 4.69) is 5.32 Å². The molecule has 0 unspecified atom stereocenters. The van der Waals surface area contributed by atoms with Crippen molar-refractivity contribution < 1.29 is 24.2 Å². The number of aryl methyl sites for hydroxylation is 1. The average Bonchev–Trinajstić information content (AvgIpc) is 2.36. The maximum absolute atomic E-state index is 12.1. The summed E-state index contributed by atoms with van der Waals surface area (Å²) in [5, 5.41) is 11.3. The Kier molecular flexibility index (Phi) is 5.68. The van der Waals surface area contributed by atoms with Gasteiger partial charge >= 0.3 is 12.1 Å². The summed E-state index contributed by atoms with van der Waals surface area (Å²) in [7, 11) is 0. The fourth-order valence-corrected chi connectivity index (χ4v) is 1.69. The van der Waals surface area contributed by atoms with Crippen molar-refractivity contribution in [2.45, 2.75) is 45.8 Å². The minimum atomic E-state index is -1.33. The van der Waals surface area contributed by atoms with Gasteiger partial charge in [-0.05, 0) is 27.7 Å². The Bertz CT molecular complexity index is 557. The van der Waals surface area contributed by atoms with E-state index >= 15 is 0 Å². The van der Waals surface area contributed by atoms with Crippen LogP contribution in [-0.4, -0.2) is 34.6 Å². The van der Waals surface area contributed by atoms with Crippen LogP contribution in [0, 0.1) is 6.92 Å². The molecular weight excluding hydrogens is 286 g/mol. The highest BCUT2D eigenvalue weighted by Crippen LogP contribution is 2.10. The zero-order chi connectivity index (χ0) is 16.9. The van der Waals surface area contributed by atoms with E-state index in [1.165, 1.54) is 0 Å². The molecule has 0 aliphatic rings. The van der Waals surface area contributed by atoms with Gasteiger partial charge in [-0.2, -0.15) is 0 Å². The first-order valence-electron chi connectivity index (χ1n) is 6.90. The van der Waals surface area contributed by atoms with Gasteiger partial charge < -0.3 is 15.2 Å². The van der Waals surface area contributed by atoms with Crippen molar-refractivity contribution in [3.8, 4) is 0 Å². The number of hydrogen-bond donors (Lipinski definition) is 2. The molecule has 0 saturated heterocycles. The molecule has 1 aromatic carbocycles. The van der Waals surface area contributed by atoms with Gasteiger partial charge in [0.1, 0.15) is 11.6 Å². The zero-order valence-electron chi connectivity index (χ0n) is 13.2. The second-order valence-electron chi connectivity index (χ2n) is 6.03. The van der Waals surface area contributed by atoms with E-state index in [1.54, 1.807) is 45.0 Å². The SMILES string of the molecule is Cc1ccc(C(=O)C[C@@H](NC(=O)OC(C)(C)C)C(=O)O)cc1. The highest BCUT2D eigenvalue weighted by molar-refractivity contribution is 5.99. The number of ether oxygens (including phenoxy) is 1. The number of carboxylic acids is 1. The largest absolute Gasteiger partial charge is 0.480 e. The van der Waals surface area contributed by atoms with Crippen LogP contribution in [0.1, 0.15) is 43.1 Å². The molecule has 0 radical (unpaired) electrons. The minimum absolute atomic E-state index is 0.336. The number of aliphatic carboxylic acids is 1.